The molecule has 0 aliphatic rings. The van der Waals surface area contributed by atoms with Gasteiger partial charge in [0.05, 0.1) is 18.2 Å². The molecule has 0 aliphatic carbocycles. The van der Waals surface area contributed by atoms with Crippen molar-refractivity contribution in [3.05, 3.63) is 59.7 Å². The molecular weight excluding hydrogens is 238 g/mol. The quantitative estimate of drug-likeness (QED) is 0.818. The Morgan fingerprint density at radius 2 is 1.79 bits per heavy atom. The number of nitriles is 1. The maximum absolute atomic E-state index is 8.88. The molecule has 2 aromatic rings. The van der Waals surface area contributed by atoms with E-state index < -0.39 is 0 Å². The van der Waals surface area contributed by atoms with Crippen LogP contribution in [0.1, 0.15) is 18.1 Å². The molecule has 2 rings (SSSR count). The van der Waals surface area contributed by atoms with Crippen molar-refractivity contribution in [1.82, 2.24) is 0 Å². The Morgan fingerprint density at radius 3 is 2.47 bits per heavy atom. The van der Waals surface area contributed by atoms with Crippen molar-refractivity contribution in [2.45, 2.75) is 13.5 Å². The van der Waals surface area contributed by atoms with Gasteiger partial charge in [0.2, 0.25) is 0 Å². The van der Waals surface area contributed by atoms with Gasteiger partial charge in [-0.05, 0) is 24.6 Å². The molecule has 0 fully saturated rings. The summed E-state index contributed by atoms with van der Waals surface area (Å²) < 4.78 is 11.2. The van der Waals surface area contributed by atoms with Gasteiger partial charge >= 0.3 is 0 Å². The number of hydrogen-bond acceptors (Lipinski definition) is 3. The molecule has 0 atom stereocenters. The fraction of sp³-hybridized carbons (Fsp3) is 0.188. The van der Waals surface area contributed by atoms with Gasteiger partial charge < -0.3 is 9.47 Å². The summed E-state index contributed by atoms with van der Waals surface area (Å²) in [5, 5.41) is 8.88. The third-order valence-electron chi connectivity index (χ3n) is 2.61. The van der Waals surface area contributed by atoms with Crippen molar-refractivity contribution < 1.29 is 9.47 Å². The molecule has 0 unspecified atom stereocenters. The Kier molecular flexibility index (Phi) is 4.41. The summed E-state index contributed by atoms with van der Waals surface area (Å²) >= 11 is 0. The second-order valence-corrected chi connectivity index (χ2v) is 3.98. The third-order valence-corrected chi connectivity index (χ3v) is 2.61. The summed E-state index contributed by atoms with van der Waals surface area (Å²) in [6, 6.07) is 17.2. The van der Waals surface area contributed by atoms with E-state index in [4.69, 9.17) is 14.7 Å². The van der Waals surface area contributed by atoms with E-state index in [2.05, 4.69) is 6.07 Å². The highest BCUT2D eigenvalue weighted by molar-refractivity contribution is 5.46. The van der Waals surface area contributed by atoms with Gasteiger partial charge in [0.15, 0.2) is 11.5 Å². The number of benzene rings is 2. The fourth-order valence-electron chi connectivity index (χ4n) is 1.70. The summed E-state index contributed by atoms with van der Waals surface area (Å²) in [5.41, 5.74) is 1.66. The van der Waals surface area contributed by atoms with Crippen molar-refractivity contribution in [1.29, 1.82) is 5.26 Å². The highest BCUT2D eigenvalue weighted by Crippen LogP contribution is 2.29. The molecule has 3 nitrogen and oxygen atoms in total. The molecule has 2 aromatic carbocycles. The Morgan fingerprint density at radius 1 is 1.00 bits per heavy atom. The minimum atomic E-state index is 0.479. The SMILES string of the molecule is CCOc1cc(C#N)ccc1OCc1ccccc1. The molecular formula is C16H15NO2. The van der Waals surface area contributed by atoms with Gasteiger partial charge in [-0.3, -0.25) is 0 Å². The average Bonchev–Trinajstić information content (AvgIpc) is 2.47. The van der Waals surface area contributed by atoms with Crippen LogP contribution in [0.4, 0.5) is 0 Å². The van der Waals surface area contributed by atoms with E-state index in [1.54, 1.807) is 18.2 Å². The smallest absolute Gasteiger partial charge is 0.162 e. The molecule has 0 aromatic heterocycles. The largest absolute Gasteiger partial charge is 0.490 e. The molecule has 0 aliphatic heterocycles. The molecule has 0 bridgehead atoms. The Balaban J connectivity index is 2.13. The Bertz CT molecular complexity index is 573. The monoisotopic (exact) mass is 253 g/mol. The zero-order valence-electron chi connectivity index (χ0n) is 10.8. The zero-order chi connectivity index (χ0) is 13.5. The molecule has 0 radical (unpaired) electrons. The molecule has 0 heterocycles. The van der Waals surface area contributed by atoms with Crippen molar-refractivity contribution in [3.63, 3.8) is 0 Å². The molecule has 0 saturated carbocycles. The van der Waals surface area contributed by atoms with E-state index in [-0.39, 0.29) is 0 Å². The molecule has 0 spiro atoms. The predicted octanol–water partition coefficient (Wildman–Crippen LogP) is 3.54. The van der Waals surface area contributed by atoms with Crippen molar-refractivity contribution >= 4 is 0 Å². The van der Waals surface area contributed by atoms with Crippen molar-refractivity contribution in [3.8, 4) is 17.6 Å². The second-order valence-electron chi connectivity index (χ2n) is 3.98. The van der Waals surface area contributed by atoms with Crippen LogP contribution in [0.3, 0.4) is 0 Å². The minimum absolute atomic E-state index is 0.479. The summed E-state index contributed by atoms with van der Waals surface area (Å²) in [5.74, 6) is 1.27. The maximum Gasteiger partial charge on any atom is 0.162 e. The number of ether oxygens (including phenoxy) is 2. The normalized spacial score (nSPS) is 9.68. The zero-order valence-corrected chi connectivity index (χ0v) is 10.8. The number of hydrogen-bond donors (Lipinski definition) is 0. The van der Waals surface area contributed by atoms with E-state index >= 15 is 0 Å². The van der Waals surface area contributed by atoms with Gasteiger partial charge in [-0.25, -0.2) is 0 Å². The van der Waals surface area contributed by atoms with Gasteiger partial charge in [0.1, 0.15) is 6.61 Å². The van der Waals surface area contributed by atoms with Crippen LogP contribution in [0.25, 0.3) is 0 Å². The molecule has 3 heteroatoms. The lowest BCUT2D eigenvalue weighted by molar-refractivity contribution is 0.269. The summed E-state index contributed by atoms with van der Waals surface area (Å²) in [6.07, 6.45) is 0. The van der Waals surface area contributed by atoms with E-state index in [0.717, 1.165) is 5.56 Å². The first-order valence-electron chi connectivity index (χ1n) is 6.17. The van der Waals surface area contributed by atoms with Crippen LogP contribution in [-0.4, -0.2) is 6.61 Å². The van der Waals surface area contributed by atoms with Gasteiger partial charge in [-0.1, -0.05) is 30.3 Å². The first-order chi connectivity index (χ1) is 9.33. The summed E-state index contributed by atoms with van der Waals surface area (Å²) in [4.78, 5) is 0. The highest BCUT2D eigenvalue weighted by atomic mass is 16.5. The second kappa shape index (κ2) is 6.46. The van der Waals surface area contributed by atoms with Crippen molar-refractivity contribution in [2.75, 3.05) is 6.61 Å². The number of rotatable bonds is 5. The molecule has 19 heavy (non-hydrogen) atoms. The average molecular weight is 253 g/mol. The highest BCUT2D eigenvalue weighted by Gasteiger charge is 2.06. The van der Waals surface area contributed by atoms with Gasteiger partial charge in [0.25, 0.3) is 0 Å². The molecule has 0 amide bonds. The molecule has 0 N–H and O–H groups in total. The van der Waals surface area contributed by atoms with Crippen LogP contribution < -0.4 is 9.47 Å². The van der Waals surface area contributed by atoms with Crippen molar-refractivity contribution in [2.24, 2.45) is 0 Å². The number of nitrogens with zero attached hydrogens (tertiary/aromatic N) is 1. The van der Waals surface area contributed by atoms with Crippen LogP contribution in [0.2, 0.25) is 0 Å². The predicted molar refractivity (Wildman–Crippen MR) is 73.1 cm³/mol. The lowest BCUT2D eigenvalue weighted by Gasteiger charge is -2.12. The lowest BCUT2D eigenvalue weighted by Crippen LogP contribution is -1.99. The summed E-state index contributed by atoms with van der Waals surface area (Å²) in [7, 11) is 0. The molecule has 0 saturated heterocycles. The Hall–Kier alpha value is -2.47. The topological polar surface area (TPSA) is 42.2 Å². The van der Waals surface area contributed by atoms with E-state index in [1.165, 1.54) is 0 Å². The lowest BCUT2D eigenvalue weighted by atomic mass is 10.2. The van der Waals surface area contributed by atoms with Crippen LogP contribution >= 0.6 is 0 Å². The molecule has 96 valence electrons. The van der Waals surface area contributed by atoms with Gasteiger partial charge in [-0.15, -0.1) is 0 Å². The summed E-state index contributed by atoms with van der Waals surface area (Å²) in [6.45, 7) is 2.92. The maximum atomic E-state index is 8.88. The first kappa shape index (κ1) is 13.0. The van der Waals surface area contributed by atoms with Crippen LogP contribution in [0.15, 0.2) is 48.5 Å². The Labute approximate surface area is 113 Å². The van der Waals surface area contributed by atoms with Crippen LogP contribution in [0, 0.1) is 11.3 Å². The first-order valence-corrected chi connectivity index (χ1v) is 6.17. The van der Waals surface area contributed by atoms with E-state index in [1.807, 2.05) is 37.3 Å². The van der Waals surface area contributed by atoms with Crippen LogP contribution in [0.5, 0.6) is 11.5 Å². The fourth-order valence-corrected chi connectivity index (χ4v) is 1.70. The van der Waals surface area contributed by atoms with E-state index in [9.17, 15) is 0 Å². The van der Waals surface area contributed by atoms with E-state index in [0.29, 0.717) is 30.3 Å². The minimum Gasteiger partial charge on any atom is -0.490 e. The van der Waals surface area contributed by atoms with Gasteiger partial charge in [0, 0.05) is 6.07 Å². The van der Waals surface area contributed by atoms with Gasteiger partial charge in [-0.2, -0.15) is 5.26 Å². The standard InChI is InChI=1S/C16H15NO2/c1-2-18-16-10-14(11-17)8-9-15(16)19-12-13-6-4-3-5-7-13/h3-10H,2,12H2,1H3. The van der Waals surface area contributed by atoms with Crippen LogP contribution in [-0.2, 0) is 6.61 Å². The third kappa shape index (κ3) is 3.49.